The Kier molecular flexibility index (Phi) is 5.40. The summed E-state index contributed by atoms with van der Waals surface area (Å²) >= 11 is 0. The Hall–Kier alpha value is -1.80. The quantitative estimate of drug-likeness (QED) is 0.720. The Morgan fingerprint density at radius 3 is 2.86 bits per heavy atom. The van der Waals surface area contributed by atoms with Crippen molar-refractivity contribution in [1.29, 1.82) is 0 Å². The van der Waals surface area contributed by atoms with Gasteiger partial charge in [0.2, 0.25) is 5.89 Å². The van der Waals surface area contributed by atoms with Gasteiger partial charge in [-0.25, -0.2) is 0 Å². The average Bonchev–Trinajstić information content (AvgIpc) is 3.06. The first-order chi connectivity index (χ1) is 10.1. The van der Waals surface area contributed by atoms with Gasteiger partial charge in [0.1, 0.15) is 12.2 Å². The SMILES string of the molecule is COCCn1cnnc1CN(C)Cc1noc(C(C)C)n1. The minimum absolute atomic E-state index is 0.244. The van der Waals surface area contributed by atoms with E-state index in [0.717, 1.165) is 12.4 Å². The molecule has 0 spiro atoms. The van der Waals surface area contributed by atoms with Crippen LogP contribution in [0.25, 0.3) is 0 Å². The molecule has 8 heteroatoms. The number of hydrogen-bond donors (Lipinski definition) is 0. The van der Waals surface area contributed by atoms with E-state index >= 15 is 0 Å². The lowest BCUT2D eigenvalue weighted by atomic mass is 10.2. The minimum Gasteiger partial charge on any atom is -0.383 e. The van der Waals surface area contributed by atoms with Crippen molar-refractivity contribution in [1.82, 2.24) is 29.8 Å². The molecule has 2 aromatic heterocycles. The molecule has 0 amide bonds. The number of nitrogens with zero attached hydrogens (tertiary/aromatic N) is 6. The molecule has 8 nitrogen and oxygen atoms in total. The molecule has 0 bridgehead atoms. The van der Waals surface area contributed by atoms with Crippen molar-refractivity contribution < 1.29 is 9.26 Å². The number of ether oxygens (including phenoxy) is 1. The van der Waals surface area contributed by atoms with Gasteiger partial charge in [-0.1, -0.05) is 19.0 Å². The van der Waals surface area contributed by atoms with Crippen LogP contribution in [0.1, 0.15) is 37.3 Å². The lowest BCUT2D eigenvalue weighted by Gasteiger charge is -2.14. The topological polar surface area (TPSA) is 82.1 Å². The van der Waals surface area contributed by atoms with Gasteiger partial charge in [-0.05, 0) is 7.05 Å². The smallest absolute Gasteiger partial charge is 0.229 e. The zero-order valence-electron chi connectivity index (χ0n) is 13.0. The van der Waals surface area contributed by atoms with Crippen molar-refractivity contribution in [3.8, 4) is 0 Å². The first-order valence-electron chi connectivity index (χ1n) is 6.96. The van der Waals surface area contributed by atoms with E-state index in [2.05, 4.69) is 25.2 Å². The highest BCUT2D eigenvalue weighted by Crippen LogP contribution is 2.12. The fraction of sp³-hybridized carbons (Fsp3) is 0.692. The second-order valence-electron chi connectivity index (χ2n) is 5.31. The first kappa shape index (κ1) is 15.6. The summed E-state index contributed by atoms with van der Waals surface area (Å²) in [7, 11) is 3.67. The Morgan fingerprint density at radius 2 is 2.19 bits per heavy atom. The van der Waals surface area contributed by atoms with Crippen LogP contribution in [-0.4, -0.2) is 50.6 Å². The minimum atomic E-state index is 0.244. The molecule has 0 saturated carbocycles. The lowest BCUT2D eigenvalue weighted by molar-refractivity contribution is 0.184. The van der Waals surface area contributed by atoms with Gasteiger partial charge in [-0.15, -0.1) is 10.2 Å². The van der Waals surface area contributed by atoms with Crippen LogP contribution in [-0.2, 0) is 24.4 Å². The van der Waals surface area contributed by atoms with Gasteiger partial charge in [0.05, 0.1) is 19.7 Å². The van der Waals surface area contributed by atoms with Gasteiger partial charge in [-0.3, -0.25) is 4.90 Å². The van der Waals surface area contributed by atoms with Crippen molar-refractivity contribution in [2.75, 3.05) is 20.8 Å². The summed E-state index contributed by atoms with van der Waals surface area (Å²) in [6.07, 6.45) is 1.72. The number of aromatic nitrogens is 5. The molecule has 0 fully saturated rings. The predicted molar refractivity (Wildman–Crippen MR) is 75.5 cm³/mol. The van der Waals surface area contributed by atoms with E-state index in [1.807, 2.05) is 25.5 Å². The fourth-order valence-electron chi connectivity index (χ4n) is 1.88. The van der Waals surface area contributed by atoms with Crippen molar-refractivity contribution >= 4 is 0 Å². The van der Waals surface area contributed by atoms with Gasteiger partial charge >= 0.3 is 0 Å². The van der Waals surface area contributed by atoms with Crippen molar-refractivity contribution in [3.63, 3.8) is 0 Å². The normalized spacial score (nSPS) is 11.7. The van der Waals surface area contributed by atoms with Crippen molar-refractivity contribution in [3.05, 3.63) is 23.9 Å². The van der Waals surface area contributed by atoms with Crippen molar-refractivity contribution in [2.24, 2.45) is 0 Å². The molecular formula is C13H22N6O2. The third-order valence-corrected chi connectivity index (χ3v) is 3.03. The highest BCUT2D eigenvalue weighted by molar-refractivity contribution is 4.92. The summed E-state index contributed by atoms with van der Waals surface area (Å²) in [5.74, 6) is 2.49. The van der Waals surface area contributed by atoms with Gasteiger partial charge in [0, 0.05) is 19.6 Å². The lowest BCUT2D eigenvalue weighted by Crippen LogP contribution is -2.21. The molecule has 0 aliphatic rings. The van der Waals surface area contributed by atoms with E-state index in [1.54, 1.807) is 13.4 Å². The van der Waals surface area contributed by atoms with Crippen LogP contribution in [0.2, 0.25) is 0 Å². The summed E-state index contributed by atoms with van der Waals surface area (Å²) in [6.45, 7) is 6.70. The van der Waals surface area contributed by atoms with Gasteiger partial charge < -0.3 is 13.8 Å². The maximum atomic E-state index is 5.20. The van der Waals surface area contributed by atoms with E-state index in [9.17, 15) is 0 Å². The monoisotopic (exact) mass is 294 g/mol. The molecule has 0 saturated heterocycles. The molecule has 0 aromatic carbocycles. The third-order valence-electron chi connectivity index (χ3n) is 3.03. The summed E-state index contributed by atoms with van der Waals surface area (Å²) in [5, 5.41) is 12.1. The van der Waals surface area contributed by atoms with Gasteiger partial charge in [0.25, 0.3) is 0 Å². The second-order valence-corrected chi connectivity index (χ2v) is 5.31. The van der Waals surface area contributed by atoms with Crippen LogP contribution in [0.3, 0.4) is 0 Å². The zero-order valence-corrected chi connectivity index (χ0v) is 13.0. The van der Waals surface area contributed by atoms with Crippen LogP contribution < -0.4 is 0 Å². The molecule has 116 valence electrons. The van der Waals surface area contributed by atoms with Crippen molar-refractivity contribution in [2.45, 2.75) is 39.4 Å². The van der Waals surface area contributed by atoms with E-state index in [4.69, 9.17) is 9.26 Å². The van der Waals surface area contributed by atoms with Gasteiger partial charge in [0.15, 0.2) is 5.82 Å². The molecule has 0 radical (unpaired) electrons. The van der Waals surface area contributed by atoms with Crippen LogP contribution >= 0.6 is 0 Å². The molecule has 2 aromatic rings. The Labute approximate surface area is 124 Å². The summed E-state index contributed by atoms with van der Waals surface area (Å²) in [4.78, 5) is 6.44. The first-order valence-corrected chi connectivity index (χ1v) is 6.96. The van der Waals surface area contributed by atoms with Crippen LogP contribution in [0.5, 0.6) is 0 Å². The number of rotatable bonds is 8. The number of hydrogen-bond acceptors (Lipinski definition) is 7. The molecule has 0 aliphatic carbocycles. The molecule has 2 rings (SSSR count). The molecular weight excluding hydrogens is 272 g/mol. The second kappa shape index (κ2) is 7.28. The average molecular weight is 294 g/mol. The molecule has 0 unspecified atom stereocenters. The summed E-state index contributed by atoms with van der Waals surface area (Å²) in [5.41, 5.74) is 0. The molecule has 0 atom stereocenters. The molecule has 21 heavy (non-hydrogen) atoms. The maximum absolute atomic E-state index is 5.20. The number of methoxy groups -OCH3 is 1. The summed E-state index contributed by atoms with van der Waals surface area (Å²) in [6, 6.07) is 0. The van der Waals surface area contributed by atoms with E-state index in [-0.39, 0.29) is 5.92 Å². The fourth-order valence-corrected chi connectivity index (χ4v) is 1.88. The van der Waals surface area contributed by atoms with Crippen LogP contribution in [0.4, 0.5) is 0 Å². The molecule has 0 aliphatic heterocycles. The highest BCUT2D eigenvalue weighted by Gasteiger charge is 2.13. The Bertz CT molecular complexity index is 550. The maximum Gasteiger partial charge on any atom is 0.229 e. The van der Waals surface area contributed by atoms with Crippen LogP contribution in [0, 0.1) is 0 Å². The zero-order chi connectivity index (χ0) is 15.2. The van der Waals surface area contributed by atoms with E-state index in [1.165, 1.54) is 0 Å². The predicted octanol–water partition coefficient (Wildman–Crippen LogP) is 1.06. The van der Waals surface area contributed by atoms with Gasteiger partial charge in [-0.2, -0.15) is 4.98 Å². The Morgan fingerprint density at radius 1 is 1.38 bits per heavy atom. The van der Waals surface area contributed by atoms with Crippen LogP contribution in [0.15, 0.2) is 10.9 Å². The highest BCUT2D eigenvalue weighted by atomic mass is 16.5. The Balaban J connectivity index is 1.91. The largest absolute Gasteiger partial charge is 0.383 e. The van der Waals surface area contributed by atoms with E-state index < -0.39 is 0 Å². The third kappa shape index (κ3) is 4.33. The summed E-state index contributed by atoms with van der Waals surface area (Å²) < 4.78 is 12.3. The molecule has 0 N–H and O–H groups in total. The standard InChI is InChI=1S/C13H22N6O2/c1-10(2)13-15-11(17-21-13)7-18(3)8-12-16-14-9-19(12)5-6-20-4/h9-10H,5-8H2,1-4H3. The van der Waals surface area contributed by atoms with E-state index in [0.29, 0.717) is 31.4 Å². The molecule has 2 heterocycles.